The van der Waals surface area contributed by atoms with Gasteiger partial charge in [-0.15, -0.1) is 0 Å². The van der Waals surface area contributed by atoms with Crippen LogP contribution in [0.25, 0.3) is 0 Å². The Balaban J connectivity index is 2.31. The van der Waals surface area contributed by atoms with Gasteiger partial charge in [-0.3, -0.25) is 9.78 Å². The molecule has 0 radical (unpaired) electrons. The highest BCUT2D eigenvalue weighted by Crippen LogP contribution is 2.24. The second-order valence-corrected chi connectivity index (χ2v) is 4.54. The molecule has 4 heteroatoms. The zero-order valence-electron chi connectivity index (χ0n) is 10.4. The van der Waals surface area contributed by atoms with Crippen molar-refractivity contribution in [2.75, 3.05) is 11.9 Å². The van der Waals surface area contributed by atoms with Crippen molar-refractivity contribution in [3.8, 4) is 0 Å². The molecule has 1 N–H and O–H groups in total. The van der Waals surface area contributed by atoms with Crippen LogP contribution >= 0.6 is 0 Å². The van der Waals surface area contributed by atoms with Gasteiger partial charge in [0.05, 0.1) is 17.9 Å². The van der Waals surface area contributed by atoms with Gasteiger partial charge in [0, 0.05) is 12.2 Å². The van der Waals surface area contributed by atoms with Gasteiger partial charge in [0.1, 0.15) is 0 Å². The van der Waals surface area contributed by atoms with Crippen molar-refractivity contribution in [3.05, 3.63) is 24.5 Å². The van der Waals surface area contributed by atoms with Gasteiger partial charge in [0.25, 0.3) is 0 Å². The van der Waals surface area contributed by atoms with E-state index in [1.54, 1.807) is 12.4 Å². The van der Waals surface area contributed by atoms with Crippen molar-refractivity contribution in [1.29, 1.82) is 0 Å². The number of amides is 1. The molecule has 2 rings (SSSR count). The van der Waals surface area contributed by atoms with Crippen LogP contribution in [-0.2, 0) is 4.79 Å². The number of aromatic nitrogens is 1. The monoisotopic (exact) mass is 233 g/mol. The van der Waals surface area contributed by atoms with Gasteiger partial charge in [-0.1, -0.05) is 0 Å². The summed E-state index contributed by atoms with van der Waals surface area (Å²) in [6.45, 7) is 2.10. The lowest BCUT2D eigenvalue weighted by Gasteiger charge is -2.29. The van der Waals surface area contributed by atoms with Crippen LogP contribution in [0.5, 0.6) is 0 Å². The average Bonchev–Trinajstić information content (AvgIpc) is 2.49. The minimum Gasteiger partial charge on any atom is -0.309 e. The highest BCUT2D eigenvalue weighted by atomic mass is 16.2. The Morgan fingerprint density at radius 1 is 1.47 bits per heavy atom. The number of nitrogens with zero attached hydrogens (tertiary/aromatic N) is 2. The van der Waals surface area contributed by atoms with Gasteiger partial charge in [0.2, 0.25) is 5.91 Å². The van der Waals surface area contributed by atoms with Crippen molar-refractivity contribution < 1.29 is 4.79 Å². The SMILES string of the molecule is CNC1CCCC(C)N(c2cccnc2)C1=O. The molecule has 0 aliphatic carbocycles. The molecule has 0 saturated carbocycles. The summed E-state index contributed by atoms with van der Waals surface area (Å²) in [7, 11) is 1.85. The topological polar surface area (TPSA) is 45.2 Å². The van der Waals surface area contributed by atoms with Crippen LogP contribution < -0.4 is 10.2 Å². The third-order valence-corrected chi connectivity index (χ3v) is 3.36. The molecule has 1 aromatic heterocycles. The fraction of sp³-hybridized carbons (Fsp3) is 0.538. The van der Waals surface area contributed by atoms with E-state index in [2.05, 4.69) is 17.2 Å². The van der Waals surface area contributed by atoms with E-state index in [1.807, 2.05) is 24.1 Å². The van der Waals surface area contributed by atoms with E-state index in [4.69, 9.17) is 0 Å². The first-order valence-corrected chi connectivity index (χ1v) is 6.14. The Bertz CT molecular complexity index is 380. The van der Waals surface area contributed by atoms with Gasteiger partial charge >= 0.3 is 0 Å². The maximum Gasteiger partial charge on any atom is 0.244 e. The third kappa shape index (κ3) is 2.47. The molecule has 17 heavy (non-hydrogen) atoms. The smallest absolute Gasteiger partial charge is 0.244 e. The Hall–Kier alpha value is -1.42. The Morgan fingerprint density at radius 2 is 2.29 bits per heavy atom. The number of likely N-dealkylation sites (N-methyl/N-ethyl adjacent to an activating group) is 1. The van der Waals surface area contributed by atoms with E-state index < -0.39 is 0 Å². The molecule has 1 fully saturated rings. The summed E-state index contributed by atoms with van der Waals surface area (Å²) in [5.41, 5.74) is 0.896. The van der Waals surface area contributed by atoms with Gasteiger partial charge in [0.15, 0.2) is 0 Å². The van der Waals surface area contributed by atoms with Gasteiger partial charge in [-0.2, -0.15) is 0 Å². The lowest BCUT2D eigenvalue weighted by molar-refractivity contribution is -0.120. The zero-order chi connectivity index (χ0) is 12.3. The summed E-state index contributed by atoms with van der Waals surface area (Å²) in [5.74, 6) is 0.158. The minimum atomic E-state index is -0.0693. The molecule has 1 amide bonds. The first-order chi connectivity index (χ1) is 8.24. The number of rotatable bonds is 2. The van der Waals surface area contributed by atoms with Gasteiger partial charge in [-0.05, 0) is 45.4 Å². The van der Waals surface area contributed by atoms with Gasteiger partial charge in [-0.25, -0.2) is 0 Å². The number of carbonyl (C=O) groups is 1. The number of pyridine rings is 1. The van der Waals surface area contributed by atoms with Crippen molar-refractivity contribution in [2.45, 2.75) is 38.3 Å². The van der Waals surface area contributed by atoms with E-state index in [-0.39, 0.29) is 18.0 Å². The number of anilines is 1. The van der Waals surface area contributed by atoms with E-state index in [0.29, 0.717) is 0 Å². The third-order valence-electron chi connectivity index (χ3n) is 3.36. The highest BCUT2D eigenvalue weighted by molar-refractivity contribution is 5.97. The van der Waals surface area contributed by atoms with Crippen molar-refractivity contribution in [2.24, 2.45) is 0 Å². The molecule has 0 spiro atoms. The van der Waals surface area contributed by atoms with E-state index in [1.165, 1.54) is 0 Å². The molecule has 2 unspecified atom stereocenters. The summed E-state index contributed by atoms with van der Waals surface area (Å²) in [6, 6.07) is 3.99. The number of hydrogen-bond acceptors (Lipinski definition) is 3. The van der Waals surface area contributed by atoms with Crippen molar-refractivity contribution in [3.63, 3.8) is 0 Å². The lowest BCUT2D eigenvalue weighted by Crippen LogP contribution is -2.47. The standard InChI is InChI=1S/C13H19N3O/c1-10-5-3-7-12(14-2)13(17)16(10)11-6-4-8-15-9-11/h4,6,8-10,12,14H,3,5,7H2,1-2H3. The van der Waals surface area contributed by atoms with E-state index in [9.17, 15) is 4.79 Å². The van der Waals surface area contributed by atoms with Crippen LogP contribution in [0.3, 0.4) is 0 Å². The summed E-state index contributed by atoms with van der Waals surface area (Å²) in [5, 5.41) is 3.10. The Kier molecular flexibility index (Phi) is 3.74. The molecule has 1 aliphatic rings. The summed E-state index contributed by atoms with van der Waals surface area (Å²) < 4.78 is 0. The van der Waals surface area contributed by atoms with Crippen LogP contribution in [-0.4, -0.2) is 30.0 Å². The fourth-order valence-corrected chi connectivity index (χ4v) is 2.40. The Labute approximate surface area is 102 Å². The number of nitrogens with one attached hydrogen (secondary N) is 1. The Morgan fingerprint density at radius 3 is 2.94 bits per heavy atom. The highest BCUT2D eigenvalue weighted by Gasteiger charge is 2.30. The number of hydrogen-bond donors (Lipinski definition) is 1. The largest absolute Gasteiger partial charge is 0.309 e. The minimum absolute atomic E-state index is 0.0693. The second kappa shape index (κ2) is 5.27. The van der Waals surface area contributed by atoms with Crippen molar-refractivity contribution in [1.82, 2.24) is 10.3 Å². The normalized spacial score (nSPS) is 25.8. The molecule has 1 aliphatic heterocycles. The van der Waals surface area contributed by atoms with Crippen LogP contribution in [0.4, 0.5) is 5.69 Å². The lowest BCUT2D eigenvalue weighted by atomic mass is 10.1. The molecule has 92 valence electrons. The fourth-order valence-electron chi connectivity index (χ4n) is 2.40. The van der Waals surface area contributed by atoms with Gasteiger partial charge < -0.3 is 10.2 Å². The second-order valence-electron chi connectivity index (χ2n) is 4.54. The first-order valence-electron chi connectivity index (χ1n) is 6.14. The van der Waals surface area contributed by atoms with Crippen LogP contribution in [0.2, 0.25) is 0 Å². The molecule has 1 saturated heterocycles. The summed E-state index contributed by atoms with van der Waals surface area (Å²) >= 11 is 0. The maximum absolute atomic E-state index is 12.4. The molecule has 0 aromatic carbocycles. The predicted octanol–water partition coefficient (Wildman–Crippen LogP) is 1.58. The molecule has 2 heterocycles. The molecular formula is C13H19N3O. The molecule has 0 bridgehead atoms. The maximum atomic E-state index is 12.4. The van der Waals surface area contributed by atoms with Crippen molar-refractivity contribution >= 4 is 11.6 Å². The average molecular weight is 233 g/mol. The first kappa shape index (κ1) is 12.0. The van der Waals surface area contributed by atoms with Crippen LogP contribution in [0, 0.1) is 0 Å². The quantitative estimate of drug-likeness (QED) is 0.843. The van der Waals surface area contributed by atoms with Crippen LogP contribution in [0.15, 0.2) is 24.5 Å². The van der Waals surface area contributed by atoms with E-state index in [0.717, 1.165) is 24.9 Å². The molecule has 1 aromatic rings. The van der Waals surface area contributed by atoms with Crippen LogP contribution in [0.1, 0.15) is 26.2 Å². The molecule has 2 atom stereocenters. The molecule has 4 nitrogen and oxygen atoms in total. The number of carbonyl (C=O) groups excluding carboxylic acids is 1. The molecular weight excluding hydrogens is 214 g/mol. The summed E-state index contributed by atoms with van der Waals surface area (Å²) in [4.78, 5) is 18.4. The zero-order valence-corrected chi connectivity index (χ0v) is 10.4. The summed E-state index contributed by atoms with van der Waals surface area (Å²) in [6.07, 6.45) is 6.52. The predicted molar refractivity (Wildman–Crippen MR) is 67.9 cm³/mol. The van der Waals surface area contributed by atoms with E-state index >= 15 is 0 Å².